The van der Waals surface area contributed by atoms with Gasteiger partial charge in [0.05, 0.1) is 13.2 Å². The molecule has 0 radical (unpaired) electrons. The summed E-state index contributed by atoms with van der Waals surface area (Å²) in [6, 6.07) is 32.7. The summed E-state index contributed by atoms with van der Waals surface area (Å²) in [5.74, 6) is 0.208. The second-order valence-corrected chi connectivity index (χ2v) is 12.2. The van der Waals surface area contributed by atoms with Gasteiger partial charge in [0, 0.05) is 24.7 Å². The van der Waals surface area contributed by atoms with Gasteiger partial charge < -0.3 is 30.2 Å². The molecular formula is C39H43N3O5. The van der Waals surface area contributed by atoms with Crippen molar-refractivity contribution in [1.82, 2.24) is 10.6 Å². The summed E-state index contributed by atoms with van der Waals surface area (Å²) in [6.07, 6.45) is 4.16. The van der Waals surface area contributed by atoms with Crippen molar-refractivity contribution in [3.05, 3.63) is 131 Å². The summed E-state index contributed by atoms with van der Waals surface area (Å²) >= 11 is 0. The molecule has 0 saturated carbocycles. The molecule has 1 aliphatic carbocycles. The highest BCUT2D eigenvalue weighted by Gasteiger charge is 2.33. The Kier molecular flexibility index (Phi) is 10.8. The van der Waals surface area contributed by atoms with Crippen LogP contribution in [0.5, 0.6) is 5.75 Å². The van der Waals surface area contributed by atoms with Crippen LogP contribution in [0.4, 0.5) is 10.5 Å². The zero-order valence-corrected chi connectivity index (χ0v) is 26.8. The van der Waals surface area contributed by atoms with Gasteiger partial charge in [-0.1, -0.05) is 91.0 Å². The lowest BCUT2D eigenvalue weighted by atomic mass is 9.84. The van der Waals surface area contributed by atoms with E-state index in [1.165, 1.54) is 24.7 Å². The Morgan fingerprint density at radius 2 is 1.55 bits per heavy atom. The number of carbonyl (C=O) groups excluding carboxylic acids is 2. The van der Waals surface area contributed by atoms with Crippen molar-refractivity contribution in [2.75, 3.05) is 32.1 Å². The highest BCUT2D eigenvalue weighted by atomic mass is 16.5. The summed E-state index contributed by atoms with van der Waals surface area (Å²) in [5.41, 5.74) is 6.25. The number of aryl methyl sites for hydroxylation is 2. The molecule has 0 unspecified atom stereocenters. The van der Waals surface area contributed by atoms with E-state index in [0.717, 1.165) is 54.8 Å². The molecule has 1 fully saturated rings. The number of rotatable bonds is 12. The number of carbonyl (C=O) groups is 2. The Balaban J connectivity index is 1.12. The van der Waals surface area contributed by atoms with Crippen LogP contribution in [0.2, 0.25) is 0 Å². The summed E-state index contributed by atoms with van der Waals surface area (Å²) in [4.78, 5) is 26.6. The number of nitrogens with one attached hydrogen (secondary N) is 3. The Morgan fingerprint density at radius 1 is 0.851 bits per heavy atom. The summed E-state index contributed by atoms with van der Waals surface area (Å²) in [6.45, 7) is 2.01. The van der Waals surface area contributed by atoms with E-state index in [0.29, 0.717) is 18.7 Å². The molecule has 244 valence electrons. The Labute approximate surface area is 276 Å². The van der Waals surface area contributed by atoms with Crippen molar-refractivity contribution in [3.8, 4) is 5.75 Å². The highest BCUT2D eigenvalue weighted by Crippen LogP contribution is 2.32. The molecule has 0 spiro atoms. The molecule has 8 heteroatoms. The Hall–Kier alpha value is -4.66. The predicted molar refractivity (Wildman–Crippen MR) is 183 cm³/mol. The molecule has 3 atom stereocenters. The topological polar surface area (TPSA) is 97.9 Å². The van der Waals surface area contributed by atoms with Crippen LogP contribution in [0.3, 0.4) is 0 Å². The average molecular weight is 634 g/mol. The van der Waals surface area contributed by atoms with Crippen molar-refractivity contribution in [3.63, 3.8) is 0 Å². The van der Waals surface area contributed by atoms with E-state index in [-0.39, 0.29) is 18.1 Å². The normalized spacial score (nSPS) is 17.8. The second-order valence-electron chi connectivity index (χ2n) is 12.2. The Bertz CT molecular complexity index is 1590. The quantitative estimate of drug-likeness (QED) is 0.176. The minimum Gasteiger partial charge on any atom is -0.491 e. The zero-order chi connectivity index (χ0) is 32.4. The maximum Gasteiger partial charge on any atom is 0.407 e. The molecule has 6 rings (SSSR count). The lowest BCUT2D eigenvalue weighted by Crippen LogP contribution is -2.48. The van der Waals surface area contributed by atoms with Gasteiger partial charge in [-0.2, -0.15) is 0 Å². The first-order valence-electron chi connectivity index (χ1n) is 16.5. The SMILES string of the molecule is COC(=O)N[C@H](C(=O)Nc1ccccc1CC[C@@H]1CNC[C@@H](COc2cccc3c2CCC3)O1)C(c1ccccc1)c1ccccc1. The largest absolute Gasteiger partial charge is 0.491 e. The number of fused-ring (bicyclic) bond motifs is 1. The summed E-state index contributed by atoms with van der Waals surface area (Å²) < 4.78 is 17.7. The molecule has 3 N–H and O–H groups in total. The van der Waals surface area contributed by atoms with Crippen LogP contribution in [0.15, 0.2) is 103 Å². The van der Waals surface area contributed by atoms with E-state index in [1.807, 2.05) is 84.9 Å². The maximum atomic E-state index is 14.1. The molecule has 1 aliphatic heterocycles. The van der Waals surface area contributed by atoms with Gasteiger partial charge in [-0.3, -0.25) is 4.79 Å². The molecule has 4 aromatic carbocycles. The van der Waals surface area contributed by atoms with E-state index >= 15 is 0 Å². The van der Waals surface area contributed by atoms with Gasteiger partial charge in [0.25, 0.3) is 0 Å². The van der Waals surface area contributed by atoms with E-state index in [4.69, 9.17) is 14.2 Å². The monoisotopic (exact) mass is 633 g/mol. The second kappa shape index (κ2) is 15.8. The van der Waals surface area contributed by atoms with Gasteiger partial charge >= 0.3 is 6.09 Å². The lowest BCUT2D eigenvalue weighted by molar-refractivity contribution is -0.118. The fourth-order valence-corrected chi connectivity index (χ4v) is 6.72. The maximum absolute atomic E-state index is 14.1. The Morgan fingerprint density at radius 3 is 2.30 bits per heavy atom. The number of para-hydroxylation sites is 1. The molecule has 4 aromatic rings. The fourth-order valence-electron chi connectivity index (χ4n) is 6.72. The number of amides is 2. The number of morpholine rings is 1. The zero-order valence-electron chi connectivity index (χ0n) is 26.8. The number of alkyl carbamates (subject to hydrolysis) is 1. The van der Waals surface area contributed by atoms with E-state index in [9.17, 15) is 9.59 Å². The minimum absolute atomic E-state index is 0.0110. The first-order valence-corrected chi connectivity index (χ1v) is 16.5. The molecular weight excluding hydrogens is 590 g/mol. The van der Waals surface area contributed by atoms with E-state index in [2.05, 4.69) is 34.1 Å². The van der Waals surface area contributed by atoms with Crippen molar-refractivity contribution in [2.45, 2.75) is 56.3 Å². The van der Waals surface area contributed by atoms with Crippen LogP contribution >= 0.6 is 0 Å². The third-order valence-electron chi connectivity index (χ3n) is 9.06. The van der Waals surface area contributed by atoms with Gasteiger partial charge in [0.15, 0.2) is 0 Å². The first-order chi connectivity index (χ1) is 23.1. The standard InChI is InChI=1S/C39H43N3O5/c1-45-39(44)42-37(36(29-13-4-2-5-14-29)30-15-6-3-7-16-30)38(43)41-34-20-9-8-12-28(34)22-23-31-24-40-25-32(47-31)26-46-35-21-11-18-27-17-10-19-33(27)35/h2-9,11-16,18,20-21,31-32,36-37,40H,10,17,19,22-26H2,1H3,(H,41,43)(H,42,44)/t31-,32+,37+/m1/s1. The van der Waals surface area contributed by atoms with Crippen molar-refractivity contribution in [2.24, 2.45) is 0 Å². The smallest absolute Gasteiger partial charge is 0.407 e. The van der Waals surface area contributed by atoms with E-state index < -0.39 is 18.1 Å². The average Bonchev–Trinajstić information content (AvgIpc) is 3.61. The first kappa shape index (κ1) is 32.3. The van der Waals surface area contributed by atoms with Crippen LogP contribution in [0, 0.1) is 0 Å². The third kappa shape index (κ3) is 8.20. The van der Waals surface area contributed by atoms with Crippen LogP contribution in [-0.2, 0) is 33.5 Å². The molecule has 1 saturated heterocycles. The van der Waals surface area contributed by atoms with Crippen molar-refractivity contribution >= 4 is 17.7 Å². The number of ether oxygens (including phenoxy) is 3. The van der Waals surface area contributed by atoms with Gasteiger partial charge in [-0.15, -0.1) is 0 Å². The number of anilines is 1. The fraction of sp³-hybridized carbons (Fsp3) is 0.333. The number of benzene rings is 4. The molecule has 8 nitrogen and oxygen atoms in total. The van der Waals surface area contributed by atoms with Crippen molar-refractivity contribution in [1.29, 1.82) is 0 Å². The molecule has 0 aromatic heterocycles. The number of methoxy groups -OCH3 is 1. The third-order valence-corrected chi connectivity index (χ3v) is 9.06. The molecule has 1 heterocycles. The molecule has 2 amide bonds. The molecule has 2 aliphatic rings. The van der Waals surface area contributed by atoms with Crippen LogP contribution < -0.4 is 20.7 Å². The predicted octanol–water partition coefficient (Wildman–Crippen LogP) is 6.04. The highest BCUT2D eigenvalue weighted by molar-refractivity contribution is 5.98. The summed E-state index contributed by atoms with van der Waals surface area (Å²) in [5, 5.41) is 9.46. The van der Waals surface area contributed by atoms with Crippen LogP contribution in [0.25, 0.3) is 0 Å². The van der Waals surface area contributed by atoms with Crippen LogP contribution in [-0.4, -0.2) is 57.1 Å². The van der Waals surface area contributed by atoms with Gasteiger partial charge in [0.1, 0.15) is 24.5 Å². The number of hydrogen-bond donors (Lipinski definition) is 3. The molecule has 47 heavy (non-hydrogen) atoms. The van der Waals surface area contributed by atoms with Gasteiger partial charge in [-0.05, 0) is 72.1 Å². The summed E-state index contributed by atoms with van der Waals surface area (Å²) in [7, 11) is 1.30. The van der Waals surface area contributed by atoms with E-state index in [1.54, 1.807) is 0 Å². The lowest BCUT2D eigenvalue weighted by Gasteiger charge is -2.31. The van der Waals surface area contributed by atoms with Gasteiger partial charge in [-0.25, -0.2) is 4.79 Å². The van der Waals surface area contributed by atoms with Crippen LogP contribution in [0.1, 0.15) is 46.6 Å². The number of hydrogen-bond acceptors (Lipinski definition) is 6. The minimum atomic E-state index is -0.933. The molecule has 0 bridgehead atoms. The van der Waals surface area contributed by atoms with Gasteiger partial charge in [0.2, 0.25) is 5.91 Å². The van der Waals surface area contributed by atoms with Crippen molar-refractivity contribution < 1.29 is 23.8 Å².